The lowest BCUT2D eigenvalue weighted by Crippen LogP contribution is -2.14. The Morgan fingerprint density at radius 2 is 2.10 bits per heavy atom. The van der Waals surface area contributed by atoms with Crippen molar-refractivity contribution in [1.82, 2.24) is 9.97 Å². The molecule has 2 aromatic rings. The van der Waals surface area contributed by atoms with Gasteiger partial charge in [-0.1, -0.05) is 6.92 Å². The molecule has 0 fully saturated rings. The number of rotatable bonds is 5. The van der Waals surface area contributed by atoms with Gasteiger partial charge in [-0.3, -0.25) is 9.78 Å². The van der Waals surface area contributed by atoms with Gasteiger partial charge in [0.25, 0.3) is 0 Å². The van der Waals surface area contributed by atoms with Crippen LogP contribution in [0.4, 0.5) is 8.78 Å². The van der Waals surface area contributed by atoms with Gasteiger partial charge in [0.1, 0.15) is 5.03 Å². The van der Waals surface area contributed by atoms with E-state index in [1.54, 1.807) is 25.5 Å². The van der Waals surface area contributed by atoms with Crippen LogP contribution in [0.5, 0.6) is 0 Å². The highest BCUT2D eigenvalue weighted by molar-refractivity contribution is 7.99. The number of benzene rings is 1. The van der Waals surface area contributed by atoms with Crippen LogP contribution < -0.4 is 0 Å². The van der Waals surface area contributed by atoms with E-state index >= 15 is 0 Å². The molecule has 1 unspecified atom stereocenters. The van der Waals surface area contributed by atoms with E-state index in [-0.39, 0.29) is 17.3 Å². The summed E-state index contributed by atoms with van der Waals surface area (Å²) in [6.07, 6.45) is 4.75. The quantitative estimate of drug-likeness (QED) is 0.626. The number of carbonyl (C=O) groups is 1. The predicted molar refractivity (Wildman–Crippen MR) is 72.6 cm³/mol. The molecule has 104 valence electrons. The normalized spacial score (nSPS) is 12.2. The minimum atomic E-state index is -1.01. The first-order valence-electron chi connectivity index (χ1n) is 5.96. The molecule has 1 aromatic carbocycles. The van der Waals surface area contributed by atoms with Gasteiger partial charge in [0.15, 0.2) is 17.4 Å². The molecule has 1 aromatic heterocycles. The van der Waals surface area contributed by atoms with Crippen molar-refractivity contribution in [3.63, 3.8) is 0 Å². The standard InChI is InChI=1S/C14H12F2N2OS/c1-9(8-20-13-7-17-4-5-18-13)14(19)10-2-3-11(15)12(16)6-10/h2-7,9H,8H2,1H3. The lowest BCUT2D eigenvalue weighted by atomic mass is 10.0. The molecule has 0 aliphatic heterocycles. The van der Waals surface area contributed by atoms with Crippen molar-refractivity contribution >= 4 is 17.5 Å². The van der Waals surface area contributed by atoms with E-state index in [0.29, 0.717) is 5.75 Å². The zero-order chi connectivity index (χ0) is 14.5. The number of halogens is 2. The predicted octanol–water partition coefficient (Wildman–Crippen LogP) is 3.37. The number of ketones is 1. The number of thioether (sulfide) groups is 1. The van der Waals surface area contributed by atoms with Crippen LogP contribution in [0.1, 0.15) is 17.3 Å². The van der Waals surface area contributed by atoms with Crippen molar-refractivity contribution in [3.05, 3.63) is 54.0 Å². The summed E-state index contributed by atoms with van der Waals surface area (Å²) < 4.78 is 25.9. The maximum atomic E-state index is 13.1. The van der Waals surface area contributed by atoms with Gasteiger partial charge >= 0.3 is 0 Å². The summed E-state index contributed by atoms with van der Waals surface area (Å²) in [4.78, 5) is 20.1. The zero-order valence-corrected chi connectivity index (χ0v) is 11.5. The minimum Gasteiger partial charge on any atom is -0.294 e. The fraction of sp³-hybridized carbons (Fsp3) is 0.214. The van der Waals surface area contributed by atoms with Crippen LogP contribution in [-0.4, -0.2) is 21.5 Å². The molecule has 0 saturated heterocycles. The van der Waals surface area contributed by atoms with Crippen molar-refractivity contribution in [3.8, 4) is 0 Å². The monoisotopic (exact) mass is 294 g/mol. The molecule has 1 heterocycles. The van der Waals surface area contributed by atoms with E-state index < -0.39 is 11.6 Å². The van der Waals surface area contributed by atoms with Crippen LogP contribution >= 0.6 is 11.8 Å². The van der Waals surface area contributed by atoms with E-state index in [4.69, 9.17) is 0 Å². The Morgan fingerprint density at radius 3 is 2.75 bits per heavy atom. The molecule has 2 rings (SSSR count). The summed E-state index contributed by atoms with van der Waals surface area (Å²) in [6, 6.07) is 3.19. The SMILES string of the molecule is CC(CSc1cnccn1)C(=O)c1ccc(F)c(F)c1. The molecular formula is C14H12F2N2OS. The number of hydrogen-bond donors (Lipinski definition) is 0. The number of aromatic nitrogens is 2. The van der Waals surface area contributed by atoms with E-state index in [1.165, 1.54) is 17.8 Å². The van der Waals surface area contributed by atoms with E-state index in [0.717, 1.165) is 17.2 Å². The van der Waals surface area contributed by atoms with E-state index in [1.807, 2.05) is 0 Å². The van der Waals surface area contributed by atoms with Crippen molar-refractivity contribution in [2.45, 2.75) is 11.9 Å². The first-order valence-corrected chi connectivity index (χ1v) is 6.94. The number of hydrogen-bond acceptors (Lipinski definition) is 4. The van der Waals surface area contributed by atoms with Gasteiger partial charge in [0.05, 0.1) is 6.20 Å². The van der Waals surface area contributed by atoms with Gasteiger partial charge in [-0.05, 0) is 18.2 Å². The highest BCUT2D eigenvalue weighted by atomic mass is 32.2. The van der Waals surface area contributed by atoms with Crippen LogP contribution in [0.25, 0.3) is 0 Å². The summed E-state index contributed by atoms with van der Waals surface area (Å²) in [6.45, 7) is 1.74. The third-order valence-corrected chi connectivity index (χ3v) is 3.85. The van der Waals surface area contributed by atoms with Gasteiger partial charge in [0.2, 0.25) is 0 Å². The fourth-order valence-corrected chi connectivity index (χ4v) is 2.42. The minimum absolute atomic E-state index is 0.177. The Balaban J connectivity index is 1.99. The molecule has 3 nitrogen and oxygen atoms in total. The van der Waals surface area contributed by atoms with Crippen LogP contribution in [0.3, 0.4) is 0 Å². The van der Waals surface area contributed by atoms with Gasteiger partial charge in [-0.25, -0.2) is 13.8 Å². The number of Topliss-reactive ketones (excluding diaryl/α,β-unsaturated/α-hetero) is 1. The first-order chi connectivity index (χ1) is 9.58. The van der Waals surface area contributed by atoms with Gasteiger partial charge in [0, 0.05) is 29.6 Å². The van der Waals surface area contributed by atoms with Gasteiger partial charge in [-0.15, -0.1) is 11.8 Å². The van der Waals surface area contributed by atoms with E-state index in [9.17, 15) is 13.6 Å². The van der Waals surface area contributed by atoms with Crippen molar-refractivity contribution < 1.29 is 13.6 Å². The third-order valence-electron chi connectivity index (χ3n) is 2.67. The second-order valence-electron chi connectivity index (χ2n) is 4.25. The topological polar surface area (TPSA) is 42.9 Å². The number of nitrogens with zero attached hydrogens (tertiary/aromatic N) is 2. The molecule has 0 saturated carbocycles. The summed E-state index contributed by atoms with van der Waals surface area (Å²) in [5.74, 6) is -2.02. The maximum Gasteiger partial charge on any atom is 0.166 e. The molecule has 0 N–H and O–H groups in total. The average Bonchev–Trinajstić information content (AvgIpc) is 2.48. The molecule has 0 bridgehead atoms. The Kier molecular flexibility index (Phi) is 4.79. The molecular weight excluding hydrogens is 282 g/mol. The maximum absolute atomic E-state index is 13.1. The largest absolute Gasteiger partial charge is 0.294 e. The zero-order valence-electron chi connectivity index (χ0n) is 10.7. The van der Waals surface area contributed by atoms with Crippen LogP contribution in [0.2, 0.25) is 0 Å². The summed E-state index contributed by atoms with van der Waals surface area (Å²) in [5, 5.41) is 0.720. The lowest BCUT2D eigenvalue weighted by molar-refractivity contribution is 0.0941. The summed E-state index contributed by atoms with van der Waals surface area (Å²) >= 11 is 1.40. The molecule has 6 heteroatoms. The van der Waals surface area contributed by atoms with Crippen LogP contribution in [0, 0.1) is 17.6 Å². The first kappa shape index (κ1) is 14.6. The Labute approximate surface area is 119 Å². The molecule has 0 aliphatic rings. The Morgan fingerprint density at radius 1 is 1.30 bits per heavy atom. The van der Waals surface area contributed by atoms with Crippen molar-refractivity contribution in [2.24, 2.45) is 5.92 Å². The second kappa shape index (κ2) is 6.56. The summed E-state index contributed by atoms with van der Waals surface area (Å²) in [5.41, 5.74) is 0.177. The Bertz CT molecular complexity index is 607. The van der Waals surface area contributed by atoms with Crippen LogP contribution in [0.15, 0.2) is 41.8 Å². The third kappa shape index (κ3) is 3.60. The molecule has 0 aliphatic carbocycles. The average molecular weight is 294 g/mol. The smallest absolute Gasteiger partial charge is 0.166 e. The molecule has 20 heavy (non-hydrogen) atoms. The van der Waals surface area contributed by atoms with E-state index in [2.05, 4.69) is 9.97 Å². The van der Waals surface area contributed by atoms with Gasteiger partial charge in [-0.2, -0.15) is 0 Å². The van der Waals surface area contributed by atoms with Gasteiger partial charge < -0.3 is 0 Å². The van der Waals surface area contributed by atoms with Crippen molar-refractivity contribution in [1.29, 1.82) is 0 Å². The molecule has 0 amide bonds. The Hall–Kier alpha value is -1.82. The van der Waals surface area contributed by atoms with Crippen LogP contribution in [-0.2, 0) is 0 Å². The lowest BCUT2D eigenvalue weighted by Gasteiger charge is -2.10. The fourth-order valence-electron chi connectivity index (χ4n) is 1.58. The highest BCUT2D eigenvalue weighted by Crippen LogP contribution is 2.20. The second-order valence-corrected chi connectivity index (χ2v) is 5.29. The molecule has 0 spiro atoms. The van der Waals surface area contributed by atoms with Crippen molar-refractivity contribution in [2.75, 3.05) is 5.75 Å². The number of carbonyl (C=O) groups excluding carboxylic acids is 1. The highest BCUT2D eigenvalue weighted by Gasteiger charge is 2.17. The molecule has 1 atom stereocenters. The summed E-state index contributed by atoms with van der Waals surface area (Å²) in [7, 11) is 0. The molecule has 0 radical (unpaired) electrons.